The molecule has 3 N–H and O–H groups in total. The fourth-order valence-electron chi connectivity index (χ4n) is 6.66. The van der Waals surface area contributed by atoms with E-state index in [1.807, 2.05) is 38.6 Å². The number of carbonyl (C=O) groups is 2. The fraction of sp³-hybridized carbons (Fsp3) is 0.514. The summed E-state index contributed by atoms with van der Waals surface area (Å²) in [6.07, 6.45) is 9.56. The van der Waals surface area contributed by atoms with E-state index in [0.29, 0.717) is 34.4 Å². The van der Waals surface area contributed by atoms with Gasteiger partial charge in [-0.05, 0) is 83.0 Å². The van der Waals surface area contributed by atoms with Gasteiger partial charge in [-0.15, -0.1) is 22.7 Å². The van der Waals surface area contributed by atoms with Crippen molar-refractivity contribution in [2.75, 3.05) is 43.9 Å². The molecular formula is C37H52N10O2S2. The van der Waals surface area contributed by atoms with Crippen LogP contribution in [0.3, 0.4) is 0 Å². The van der Waals surface area contributed by atoms with Gasteiger partial charge in [0.2, 0.25) is 11.8 Å². The number of aryl methyl sites for hydroxylation is 2. The zero-order chi connectivity index (χ0) is 36.5. The lowest BCUT2D eigenvalue weighted by Gasteiger charge is -2.43. The molecule has 2 amide bonds. The number of aromatic nitrogens is 4. The number of likely N-dealkylation sites (N-methyl/N-ethyl adjacent to an activating group) is 1. The first-order valence-electron chi connectivity index (χ1n) is 17.6. The third kappa shape index (κ3) is 11.9. The number of pyridine rings is 2. The number of carbonyl (C=O) groups excluding carboxylic acids is 2. The molecule has 0 aliphatic carbocycles. The van der Waals surface area contributed by atoms with Gasteiger partial charge in [-0.3, -0.25) is 29.4 Å². The van der Waals surface area contributed by atoms with Crippen molar-refractivity contribution in [3.05, 3.63) is 81.3 Å². The quantitative estimate of drug-likeness (QED) is 0.210. The van der Waals surface area contributed by atoms with Crippen molar-refractivity contribution in [1.29, 1.82) is 0 Å². The Bertz CT molecular complexity index is 1750. The van der Waals surface area contributed by atoms with E-state index >= 15 is 0 Å². The summed E-state index contributed by atoms with van der Waals surface area (Å²) in [5.74, 6) is -0.157. The number of nitrogens with one attached hydrogen (secondary N) is 3. The minimum Gasteiger partial charge on any atom is -0.311 e. The second kappa shape index (κ2) is 18.2. The van der Waals surface area contributed by atoms with Crippen LogP contribution in [0.15, 0.2) is 49.1 Å². The predicted octanol–water partition coefficient (Wildman–Crippen LogP) is 4.76. The van der Waals surface area contributed by atoms with E-state index in [1.165, 1.54) is 34.7 Å². The average Bonchev–Trinajstić information content (AvgIpc) is 3.69. The highest BCUT2D eigenvalue weighted by Gasteiger charge is 2.30. The van der Waals surface area contributed by atoms with E-state index in [-0.39, 0.29) is 11.8 Å². The van der Waals surface area contributed by atoms with Gasteiger partial charge in [0, 0.05) is 123 Å². The molecule has 0 saturated carbocycles. The molecule has 0 radical (unpaired) electrons. The first kappa shape index (κ1) is 38.6. The van der Waals surface area contributed by atoms with E-state index in [9.17, 15) is 9.59 Å². The lowest BCUT2D eigenvalue weighted by Crippen LogP contribution is -2.56. The Balaban J connectivity index is 0.000000198. The predicted molar refractivity (Wildman–Crippen MR) is 206 cm³/mol. The monoisotopic (exact) mass is 732 g/mol. The summed E-state index contributed by atoms with van der Waals surface area (Å²) in [6.45, 7) is 17.4. The second-order valence-electron chi connectivity index (χ2n) is 13.9. The molecule has 0 spiro atoms. The average molecular weight is 733 g/mol. The first-order chi connectivity index (χ1) is 24.4. The molecule has 2 aliphatic rings. The van der Waals surface area contributed by atoms with E-state index in [0.717, 1.165) is 63.5 Å². The van der Waals surface area contributed by atoms with Crippen LogP contribution >= 0.6 is 22.7 Å². The summed E-state index contributed by atoms with van der Waals surface area (Å²) >= 11 is 3.11. The number of hydrogen-bond acceptors (Lipinski definition) is 12. The maximum absolute atomic E-state index is 11.2. The van der Waals surface area contributed by atoms with Crippen LogP contribution in [0.25, 0.3) is 0 Å². The van der Waals surface area contributed by atoms with Crippen LogP contribution in [-0.2, 0) is 35.5 Å². The zero-order valence-corrected chi connectivity index (χ0v) is 32.5. The SMILES string of the molecule is CC(=O)Nc1ncc(CN2C[C@@H](Cc3ccnc(C)c3)N(C)C[C@@H]2C)s1.CC(=O)Nc1ncc(CN2C[C@@H](Cc3ccnc(C)c3)NC[C@@H]2C)s1. The summed E-state index contributed by atoms with van der Waals surface area (Å²) in [7, 11) is 2.22. The molecule has 51 heavy (non-hydrogen) atoms. The number of thiazole rings is 2. The molecule has 4 aromatic rings. The Morgan fingerprint density at radius 2 is 1.31 bits per heavy atom. The van der Waals surface area contributed by atoms with Crippen LogP contribution in [0, 0.1) is 13.8 Å². The second-order valence-corrected chi connectivity index (χ2v) is 16.1. The number of anilines is 2. The van der Waals surface area contributed by atoms with Crippen molar-refractivity contribution < 1.29 is 9.59 Å². The molecule has 12 nitrogen and oxygen atoms in total. The van der Waals surface area contributed by atoms with Crippen LogP contribution in [0.1, 0.15) is 60.0 Å². The van der Waals surface area contributed by atoms with Gasteiger partial charge >= 0.3 is 0 Å². The van der Waals surface area contributed by atoms with Crippen molar-refractivity contribution in [3.63, 3.8) is 0 Å². The number of rotatable bonds is 10. The minimum absolute atomic E-state index is 0.0772. The molecular weight excluding hydrogens is 681 g/mol. The molecule has 2 saturated heterocycles. The third-order valence-corrected chi connectivity index (χ3v) is 11.1. The van der Waals surface area contributed by atoms with E-state index in [4.69, 9.17) is 0 Å². The Morgan fingerprint density at radius 3 is 1.84 bits per heavy atom. The van der Waals surface area contributed by atoms with Crippen LogP contribution < -0.4 is 16.0 Å². The lowest BCUT2D eigenvalue weighted by atomic mass is 10.0. The topological polar surface area (TPSA) is 132 Å². The summed E-state index contributed by atoms with van der Waals surface area (Å²) in [4.78, 5) is 49.3. The van der Waals surface area contributed by atoms with E-state index in [2.05, 4.69) is 95.7 Å². The van der Waals surface area contributed by atoms with Crippen molar-refractivity contribution in [2.45, 2.75) is 91.6 Å². The molecule has 0 bridgehead atoms. The Labute approximate surface area is 310 Å². The Hall–Kier alpha value is -3.66. The van der Waals surface area contributed by atoms with Crippen LogP contribution in [0.5, 0.6) is 0 Å². The van der Waals surface area contributed by atoms with Crippen LogP contribution in [0.4, 0.5) is 10.3 Å². The highest BCUT2D eigenvalue weighted by molar-refractivity contribution is 7.16. The van der Waals surface area contributed by atoms with Gasteiger partial charge in [-0.1, -0.05) is 0 Å². The number of amides is 2. The van der Waals surface area contributed by atoms with Crippen molar-refractivity contribution >= 4 is 44.8 Å². The Morgan fingerprint density at radius 1 is 0.784 bits per heavy atom. The highest BCUT2D eigenvalue weighted by Crippen LogP contribution is 2.25. The molecule has 0 aromatic carbocycles. The standard InChI is InChI=1S/C19H27N5OS.C18H25N5OS/c1-13-7-16(5-6-20-13)8-17-11-24(14(2)10-23(17)4)12-18-9-21-19(26-18)22-15(3)25;1-12-6-15(4-5-19-12)7-16-10-23(13(2)8-20-16)11-17-9-21-18(25-17)22-14(3)24/h5-7,9,14,17H,8,10-12H2,1-4H3,(H,21,22,25);4-6,9,13,16,20H,7-8,10-11H2,1-3H3,(H,21,22,24)/t14-,17+;13-,16+/m00/s1. The molecule has 274 valence electrons. The number of piperazine rings is 2. The minimum atomic E-state index is -0.0795. The van der Waals surface area contributed by atoms with Gasteiger partial charge in [-0.2, -0.15) is 0 Å². The van der Waals surface area contributed by atoms with Gasteiger partial charge in [0.1, 0.15) is 0 Å². The molecule has 0 unspecified atom stereocenters. The summed E-state index contributed by atoms with van der Waals surface area (Å²) < 4.78 is 0. The molecule has 4 aromatic heterocycles. The number of nitrogens with zero attached hydrogens (tertiary/aromatic N) is 7. The normalized spacial score (nSPS) is 21.5. The maximum atomic E-state index is 11.2. The van der Waals surface area contributed by atoms with Crippen LogP contribution in [-0.4, -0.2) is 104 Å². The molecule has 14 heteroatoms. The molecule has 2 fully saturated rings. The van der Waals surface area contributed by atoms with Gasteiger partial charge in [0.15, 0.2) is 10.3 Å². The van der Waals surface area contributed by atoms with E-state index in [1.54, 1.807) is 22.7 Å². The van der Waals surface area contributed by atoms with Crippen molar-refractivity contribution in [2.24, 2.45) is 0 Å². The van der Waals surface area contributed by atoms with Crippen LogP contribution in [0.2, 0.25) is 0 Å². The number of hydrogen-bond donors (Lipinski definition) is 3. The van der Waals surface area contributed by atoms with Gasteiger partial charge < -0.3 is 20.9 Å². The summed E-state index contributed by atoms with van der Waals surface area (Å²) in [6, 6.07) is 10.4. The van der Waals surface area contributed by atoms with Crippen molar-refractivity contribution in [3.8, 4) is 0 Å². The maximum Gasteiger partial charge on any atom is 0.223 e. The summed E-state index contributed by atoms with van der Waals surface area (Å²) in [5, 5.41) is 10.5. The van der Waals surface area contributed by atoms with Gasteiger partial charge in [0.05, 0.1) is 0 Å². The molecule has 6 heterocycles. The lowest BCUT2D eigenvalue weighted by molar-refractivity contribution is -0.115. The fourth-order valence-corrected chi connectivity index (χ4v) is 8.43. The van der Waals surface area contributed by atoms with Crippen molar-refractivity contribution in [1.82, 2.24) is 40.0 Å². The molecule has 4 atom stereocenters. The largest absolute Gasteiger partial charge is 0.311 e. The highest BCUT2D eigenvalue weighted by atomic mass is 32.1. The zero-order valence-electron chi connectivity index (χ0n) is 30.8. The Kier molecular flexibility index (Phi) is 13.8. The first-order valence-corrected chi connectivity index (χ1v) is 19.2. The summed E-state index contributed by atoms with van der Waals surface area (Å²) in [5.41, 5.74) is 4.80. The van der Waals surface area contributed by atoms with Gasteiger partial charge in [0.25, 0.3) is 0 Å². The van der Waals surface area contributed by atoms with Gasteiger partial charge in [-0.25, -0.2) is 9.97 Å². The van der Waals surface area contributed by atoms with E-state index < -0.39 is 0 Å². The smallest absolute Gasteiger partial charge is 0.223 e. The third-order valence-electron chi connectivity index (χ3n) is 9.29. The molecule has 6 rings (SSSR count). The molecule has 2 aliphatic heterocycles.